The quantitative estimate of drug-likeness (QED) is 0.0723. The summed E-state index contributed by atoms with van der Waals surface area (Å²) in [4.78, 5) is 42.0. The van der Waals surface area contributed by atoms with Crippen molar-refractivity contribution in [1.29, 1.82) is 0 Å². The van der Waals surface area contributed by atoms with Crippen LogP contribution < -0.4 is 14.2 Å². The minimum absolute atomic E-state index is 0.0542. The lowest BCUT2D eigenvalue weighted by Gasteiger charge is -2.11. The van der Waals surface area contributed by atoms with E-state index in [-0.39, 0.29) is 42.5 Å². The molecule has 4 heterocycles. The molecule has 14 nitrogen and oxygen atoms in total. The highest BCUT2D eigenvalue weighted by atomic mass is 16.5. The molecule has 0 saturated carbocycles. The molecule has 0 atom stereocenters. The molecular weight excluding hydrogens is 833 g/mol. The van der Waals surface area contributed by atoms with E-state index in [1.807, 2.05) is 158 Å². The number of Topliss-reactive ketones (excluding diaryl/α,β-unsaturated/α-hetero) is 2. The molecule has 0 fully saturated rings. The van der Waals surface area contributed by atoms with Crippen molar-refractivity contribution in [2.75, 3.05) is 14.2 Å². The number of nitrogens with one attached hydrogen (secondary N) is 3. The number of nitrogens with zero attached hydrogens (tertiary/aromatic N) is 5. The maximum Gasteiger partial charge on any atom is 0.192 e. The summed E-state index contributed by atoms with van der Waals surface area (Å²) in [6.07, 6.45) is 0.120. The Bertz CT molecular complexity index is 3180. The minimum atomic E-state index is -0.277. The first-order valence-corrected chi connectivity index (χ1v) is 21.1. The molecule has 4 aromatic heterocycles. The maximum absolute atomic E-state index is 14.1. The number of hydrogen-bond acceptors (Lipinski definition) is 10. The van der Waals surface area contributed by atoms with E-state index in [0.717, 1.165) is 55.8 Å². The van der Waals surface area contributed by atoms with Gasteiger partial charge >= 0.3 is 0 Å². The monoisotopic (exact) mass is 876 g/mol. The third-order valence-electron chi connectivity index (χ3n) is 10.9. The third-order valence-corrected chi connectivity index (χ3v) is 10.9. The molecule has 0 bridgehead atoms. The molecule has 14 heteroatoms. The Hall–Kier alpha value is -8.78. The predicted octanol–water partition coefficient (Wildman–Crippen LogP) is 9.58. The van der Waals surface area contributed by atoms with Crippen molar-refractivity contribution in [3.8, 4) is 45.5 Å². The second-order valence-corrected chi connectivity index (χ2v) is 15.3. The number of rotatable bonds is 15. The SMILES string of the molecule is COc1ccc(COc2c(-c3ccccc3)nn(Cc3ccc(OC)cc3)c2C(=O)Cc2nc3ccccc3[nH]2)cc1.O=C(Cc1nc2ccccc2[nH]1)c1[nH]nc(-c2ccccc2)c1O. The molecule has 0 aliphatic rings. The van der Waals surface area contributed by atoms with Crippen LogP contribution in [0, 0.1) is 0 Å². The van der Waals surface area contributed by atoms with Gasteiger partial charge in [0.05, 0.1) is 55.7 Å². The molecule has 66 heavy (non-hydrogen) atoms. The van der Waals surface area contributed by atoms with Gasteiger partial charge in [0.1, 0.15) is 52.5 Å². The molecule has 6 aromatic carbocycles. The molecule has 0 radical (unpaired) electrons. The zero-order valence-corrected chi connectivity index (χ0v) is 36.1. The molecule has 10 rings (SSSR count). The first kappa shape index (κ1) is 42.5. The summed E-state index contributed by atoms with van der Waals surface area (Å²) < 4.78 is 18.8. The number of aromatic nitrogens is 8. The van der Waals surface area contributed by atoms with E-state index in [1.165, 1.54) is 0 Å². The van der Waals surface area contributed by atoms with Crippen LogP contribution in [0.4, 0.5) is 0 Å². The Kier molecular flexibility index (Phi) is 12.4. The van der Waals surface area contributed by atoms with Crippen molar-refractivity contribution in [2.24, 2.45) is 0 Å². The molecule has 10 aromatic rings. The number of H-pyrrole nitrogens is 3. The standard InChI is InChI=1S/C34H30N4O4.C18H14N4O2/c1-40-26-16-12-23(13-17-26)21-38-33(30(39)20-31-35-28-10-6-7-11-29(28)36-31)34(32(37-38)25-8-4-3-5-9-25)42-22-24-14-18-27(41-2)19-15-24;23-14(10-15-19-12-8-4-5-9-13(12)20-15)17-18(24)16(21-22-17)11-6-2-1-3-7-11/h3-19H,20-22H2,1-2H3,(H,35,36);1-9,24H,10H2,(H,19,20)(H,21,22). The number of ether oxygens (including phenoxy) is 3. The second kappa shape index (κ2) is 19.3. The van der Waals surface area contributed by atoms with Crippen molar-refractivity contribution >= 4 is 33.6 Å². The molecule has 0 spiro atoms. The number of benzene rings is 6. The number of fused-ring (bicyclic) bond motifs is 2. The average molecular weight is 877 g/mol. The fourth-order valence-corrected chi connectivity index (χ4v) is 7.52. The van der Waals surface area contributed by atoms with Crippen molar-refractivity contribution < 1.29 is 28.9 Å². The zero-order valence-electron chi connectivity index (χ0n) is 36.1. The Morgan fingerprint density at radius 3 is 1.64 bits per heavy atom. The first-order chi connectivity index (χ1) is 32.3. The lowest BCUT2D eigenvalue weighted by atomic mass is 10.1. The van der Waals surface area contributed by atoms with Crippen LogP contribution in [-0.4, -0.2) is 70.8 Å². The van der Waals surface area contributed by atoms with Gasteiger partial charge < -0.3 is 29.3 Å². The van der Waals surface area contributed by atoms with Crippen molar-refractivity contribution in [3.05, 3.63) is 192 Å². The molecule has 4 N–H and O–H groups in total. The number of methoxy groups -OCH3 is 2. The largest absolute Gasteiger partial charge is 0.504 e. The van der Waals surface area contributed by atoms with E-state index < -0.39 is 0 Å². The predicted molar refractivity (Wildman–Crippen MR) is 251 cm³/mol. The van der Waals surface area contributed by atoms with Crippen LogP contribution in [0.25, 0.3) is 44.6 Å². The summed E-state index contributed by atoms with van der Waals surface area (Å²) in [5, 5.41) is 22.0. The van der Waals surface area contributed by atoms with Gasteiger partial charge in [0.25, 0.3) is 0 Å². The highest BCUT2D eigenvalue weighted by Gasteiger charge is 2.28. The maximum atomic E-state index is 14.1. The molecule has 0 amide bonds. The zero-order chi connectivity index (χ0) is 45.4. The van der Waals surface area contributed by atoms with E-state index in [9.17, 15) is 14.7 Å². The van der Waals surface area contributed by atoms with Gasteiger partial charge in [-0.2, -0.15) is 10.2 Å². The number of ketones is 2. The minimum Gasteiger partial charge on any atom is -0.504 e. The summed E-state index contributed by atoms with van der Waals surface area (Å²) in [7, 11) is 3.27. The molecule has 0 aliphatic heterocycles. The Balaban J connectivity index is 0.000000192. The Labute approximate surface area is 378 Å². The van der Waals surface area contributed by atoms with Crippen LogP contribution in [0.15, 0.2) is 158 Å². The van der Waals surface area contributed by atoms with Crippen LogP contribution in [0.3, 0.4) is 0 Å². The third kappa shape index (κ3) is 9.43. The van der Waals surface area contributed by atoms with Crippen LogP contribution >= 0.6 is 0 Å². The number of para-hydroxylation sites is 4. The van der Waals surface area contributed by atoms with E-state index in [4.69, 9.17) is 19.3 Å². The number of aromatic hydroxyl groups is 1. The topological polar surface area (TPSA) is 186 Å². The van der Waals surface area contributed by atoms with E-state index in [2.05, 4.69) is 30.1 Å². The number of carbonyl (C=O) groups excluding carboxylic acids is 2. The summed E-state index contributed by atoms with van der Waals surface area (Å²) >= 11 is 0. The number of aromatic amines is 3. The summed E-state index contributed by atoms with van der Waals surface area (Å²) in [5.41, 5.74) is 8.33. The van der Waals surface area contributed by atoms with Gasteiger partial charge in [-0.1, -0.05) is 109 Å². The van der Waals surface area contributed by atoms with Crippen LogP contribution in [0.5, 0.6) is 23.0 Å². The van der Waals surface area contributed by atoms with Crippen LogP contribution in [0.1, 0.15) is 43.8 Å². The van der Waals surface area contributed by atoms with Crippen molar-refractivity contribution in [3.63, 3.8) is 0 Å². The van der Waals surface area contributed by atoms with Gasteiger partial charge in [0.15, 0.2) is 23.1 Å². The highest BCUT2D eigenvalue weighted by molar-refractivity contribution is 6.01. The van der Waals surface area contributed by atoms with E-state index in [0.29, 0.717) is 41.0 Å². The molecule has 0 unspecified atom stereocenters. The molecular formula is C52H44N8O6. The fraction of sp³-hybridized carbons (Fsp3) is 0.115. The van der Waals surface area contributed by atoms with Crippen molar-refractivity contribution in [2.45, 2.75) is 26.0 Å². The van der Waals surface area contributed by atoms with Crippen molar-refractivity contribution in [1.82, 2.24) is 39.9 Å². The van der Waals surface area contributed by atoms with Gasteiger partial charge in [-0.25, -0.2) is 9.97 Å². The Morgan fingerprint density at radius 2 is 1.09 bits per heavy atom. The van der Waals surface area contributed by atoms with Gasteiger partial charge in [-0.05, 0) is 59.7 Å². The summed E-state index contributed by atoms with van der Waals surface area (Å²) in [6, 6.07) is 49.7. The lowest BCUT2D eigenvalue weighted by Crippen LogP contribution is -2.15. The lowest BCUT2D eigenvalue weighted by molar-refractivity contribution is 0.0970. The molecule has 0 aliphatic carbocycles. The van der Waals surface area contributed by atoms with Gasteiger partial charge in [0, 0.05) is 11.1 Å². The van der Waals surface area contributed by atoms with E-state index >= 15 is 0 Å². The Morgan fingerprint density at radius 1 is 0.591 bits per heavy atom. The van der Waals surface area contributed by atoms with Gasteiger partial charge in [-0.3, -0.25) is 19.4 Å². The summed E-state index contributed by atoms with van der Waals surface area (Å²) in [5.74, 6) is 2.53. The summed E-state index contributed by atoms with van der Waals surface area (Å²) in [6.45, 7) is 0.625. The van der Waals surface area contributed by atoms with Crippen LogP contribution in [0.2, 0.25) is 0 Å². The molecule has 328 valence electrons. The number of imidazole rings is 2. The number of carbonyl (C=O) groups is 2. The second-order valence-electron chi connectivity index (χ2n) is 15.3. The highest BCUT2D eigenvalue weighted by Crippen LogP contribution is 2.35. The smallest absolute Gasteiger partial charge is 0.192 e. The van der Waals surface area contributed by atoms with Crippen LogP contribution in [-0.2, 0) is 26.0 Å². The average Bonchev–Trinajstić information content (AvgIpc) is 4.15. The van der Waals surface area contributed by atoms with Gasteiger partial charge in [0.2, 0.25) is 0 Å². The molecule has 0 saturated heterocycles. The number of hydrogen-bond donors (Lipinski definition) is 4. The normalized spacial score (nSPS) is 11.0. The van der Waals surface area contributed by atoms with Gasteiger partial charge in [-0.15, -0.1) is 0 Å². The van der Waals surface area contributed by atoms with E-state index in [1.54, 1.807) is 18.9 Å². The fourth-order valence-electron chi connectivity index (χ4n) is 7.52. The first-order valence-electron chi connectivity index (χ1n) is 21.1.